The van der Waals surface area contributed by atoms with E-state index in [9.17, 15) is 4.57 Å². The van der Waals surface area contributed by atoms with Crippen molar-refractivity contribution < 1.29 is 4.57 Å². The molecule has 4 aromatic rings. The second-order valence-corrected chi connectivity index (χ2v) is 8.41. The molecule has 0 atom stereocenters. The summed E-state index contributed by atoms with van der Waals surface area (Å²) >= 11 is 0. The Kier molecular flexibility index (Phi) is 6.14. The third-order valence-corrected chi connectivity index (χ3v) is 7.00. The summed E-state index contributed by atoms with van der Waals surface area (Å²) in [5.74, 6) is 0. The summed E-state index contributed by atoms with van der Waals surface area (Å²) in [6.07, 6.45) is 3.50. The molecule has 0 spiro atoms. The van der Waals surface area contributed by atoms with Crippen LogP contribution in [-0.4, -0.2) is 4.98 Å². The average molecular weight is 357 g/mol. The van der Waals surface area contributed by atoms with Crippen LogP contribution < -0.4 is 15.9 Å². The zero-order valence-electron chi connectivity index (χ0n) is 14.3. The van der Waals surface area contributed by atoms with E-state index >= 15 is 0 Å². The minimum atomic E-state index is -2.78. The first kappa shape index (κ1) is 17.8. The molecule has 128 valence electrons. The van der Waals surface area contributed by atoms with Gasteiger partial charge in [0.25, 0.3) is 0 Å². The van der Waals surface area contributed by atoms with Crippen LogP contribution in [0.5, 0.6) is 0 Å². The Bertz CT molecular complexity index is 812. The second kappa shape index (κ2) is 8.94. The van der Waals surface area contributed by atoms with Gasteiger partial charge in [-0.05, 0) is 12.1 Å². The lowest BCUT2D eigenvalue weighted by molar-refractivity contribution is 0.592. The quantitative estimate of drug-likeness (QED) is 0.509. The molecule has 0 saturated heterocycles. The van der Waals surface area contributed by atoms with Crippen molar-refractivity contribution in [2.75, 3.05) is 0 Å². The van der Waals surface area contributed by atoms with Gasteiger partial charge in [-0.25, -0.2) is 0 Å². The molecule has 0 aliphatic heterocycles. The van der Waals surface area contributed by atoms with E-state index in [0.29, 0.717) is 0 Å². The lowest BCUT2D eigenvalue weighted by Crippen LogP contribution is -2.24. The van der Waals surface area contributed by atoms with Crippen molar-refractivity contribution in [2.24, 2.45) is 0 Å². The van der Waals surface area contributed by atoms with Crippen molar-refractivity contribution in [3.8, 4) is 0 Å². The van der Waals surface area contributed by atoms with Crippen molar-refractivity contribution in [2.45, 2.75) is 0 Å². The van der Waals surface area contributed by atoms with E-state index in [1.807, 2.05) is 109 Å². The van der Waals surface area contributed by atoms with E-state index in [1.165, 1.54) is 0 Å². The molecule has 0 saturated carbocycles. The van der Waals surface area contributed by atoms with E-state index in [0.717, 1.165) is 15.9 Å². The third kappa shape index (κ3) is 4.17. The predicted octanol–water partition coefficient (Wildman–Crippen LogP) is 4.41. The maximum Gasteiger partial charge on any atom is 0.171 e. The molecule has 0 aliphatic carbocycles. The van der Waals surface area contributed by atoms with Crippen molar-refractivity contribution >= 4 is 23.1 Å². The van der Waals surface area contributed by atoms with Crippen molar-refractivity contribution in [1.82, 2.24) is 4.98 Å². The van der Waals surface area contributed by atoms with Gasteiger partial charge >= 0.3 is 0 Å². The largest absolute Gasteiger partial charge is 0.309 e. The van der Waals surface area contributed by atoms with Gasteiger partial charge in [0.2, 0.25) is 0 Å². The zero-order chi connectivity index (χ0) is 18.1. The highest BCUT2D eigenvalue weighted by molar-refractivity contribution is 7.85. The summed E-state index contributed by atoms with van der Waals surface area (Å²) in [5, 5.41) is 2.62. The molecule has 2 nitrogen and oxygen atoms in total. The molecule has 0 bridgehead atoms. The van der Waals surface area contributed by atoms with Crippen LogP contribution in [0.25, 0.3) is 0 Å². The van der Waals surface area contributed by atoms with Gasteiger partial charge in [0.05, 0.1) is 0 Å². The summed E-state index contributed by atoms with van der Waals surface area (Å²) in [4.78, 5) is 3.78. The van der Waals surface area contributed by atoms with Gasteiger partial charge in [0.15, 0.2) is 7.14 Å². The highest BCUT2D eigenvalue weighted by Gasteiger charge is 2.28. The minimum Gasteiger partial charge on any atom is -0.309 e. The third-order valence-electron chi connectivity index (χ3n) is 3.93. The second-order valence-electron chi connectivity index (χ2n) is 5.64. The molecule has 3 heteroatoms. The molecule has 0 aliphatic rings. The van der Waals surface area contributed by atoms with E-state index in [-0.39, 0.29) is 0 Å². The maximum atomic E-state index is 13.8. The number of hydrogen-bond donors (Lipinski definition) is 0. The average Bonchev–Trinajstić information content (AvgIpc) is 2.77. The molecular formula is C23H20NOP. The van der Waals surface area contributed by atoms with Gasteiger partial charge in [-0.1, -0.05) is 97.1 Å². The predicted molar refractivity (Wildman–Crippen MR) is 110 cm³/mol. The molecule has 0 unspecified atom stereocenters. The molecule has 1 aromatic heterocycles. The fourth-order valence-electron chi connectivity index (χ4n) is 2.67. The molecular weight excluding hydrogens is 337 g/mol. The Morgan fingerprint density at radius 1 is 0.462 bits per heavy atom. The number of rotatable bonds is 3. The summed E-state index contributed by atoms with van der Waals surface area (Å²) in [5.41, 5.74) is 0. The number of benzene rings is 3. The van der Waals surface area contributed by atoms with Gasteiger partial charge in [0.1, 0.15) is 0 Å². The van der Waals surface area contributed by atoms with E-state index in [2.05, 4.69) is 4.98 Å². The van der Waals surface area contributed by atoms with Crippen molar-refractivity contribution in [3.63, 3.8) is 0 Å². The van der Waals surface area contributed by atoms with Gasteiger partial charge < -0.3 is 4.57 Å². The lowest BCUT2D eigenvalue weighted by atomic mass is 10.4. The van der Waals surface area contributed by atoms with Crippen LogP contribution in [0.3, 0.4) is 0 Å². The molecule has 0 amide bonds. The zero-order valence-corrected chi connectivity index (χ0v) is 15.2. The molecule has 0 fully saturated rings. The lowest BCUT2D eigenvalue weighted by Gasteiger charge is -2.19. The monoisotopic (exact) mass is 357 g/mol. The Hall–Kier alpha value is -2.96. The van der Waals surface area contributed by atoms with E-state index in [4.69, 9.17) is 0 Å². The maximum absolute atomic E-state index is 13.8. The topological polar surface area (TPSA) is 30.0 Å². The summed E-state index contributed by atoms with van der Waals surface area (Å²) in [7, 11) is -2.78. The van der Waals surface area contributed by atoms with Crippen LogP contribution in [0.4, 0.5) is 0 Å². The molecule has 1 heterocycles. The number of hydrogen-bond acceptors (Lipinski definition) is 2. The van der Waals surface area contributed by atoms with Crippen LogP contribution in [0.2, 0.25) is 0 Å². The Morgan fingerprint density at radius 2 is 0.769 bits per heavy atom. The highest BCUT2D eigenvalue weighted by atomic mass is 31.2. The summed E-state index contributed by atoms with van der Waals surface area (Å²) in [6, 6.07) is 34.9. The standard InChI is InChI=1S/C18H15OP.C5H5N/c19-20(16-10-4-1-5-11-16,17-12-6-2-7-13-17)18-14-8-3-9-15-18;1-2-4-6-5-3-1/h1-15H;1-5H. The molecule has 26 heavy (non-hydrogen) atoms. The van der Waals surface area contributed by atoms with Crippen LogP contribution in [-0.2, 0) is 4.57 Å². The number of pyridine rings is 1. The molecule has 4 rings (SSSR count). The van der Waals surface area contributed by atoms with Crippen LogP contribution in [0.1, 0.15) is 0 Å². The first-order valence-corrected chi connectivity index (χ1v) is 10.1. The molecule has 0 N–H and O–H groups in total. The van der Waals surface area contributed by atoms with Crippen molar-refractivity contribution in [3.05, 3.63) is 122 Å². The normalized spacial score (nSPS) is 10.5. The minimum absolute atomic E-state index is 0.873. The molecule has 3 aromatic carbocycles. The first-order valence-electron chi connectivity index (χ1n) is 8.44. The van der Waals surface area contributed by atoms with Gasteiger partial charge in [-0.2, -0.15) is 0 Å². The van der Waals surface area contributed by atoms with Gasteiger partial charge in [-0.15, -0.1) is 0 Å². The summed E-state index contributed by atoms with van der Waals surface area (Å²) in [6.45, 7) is 0. The Labute approximate surface area is 154 Å². The van der Waals surface area contributed by atoms with Crippen molar-refractivity contribution in [1.29, 1.82) is 0 Å². The highest BCUT2D eigenvalue weighted by Crippen LogP contribution is 2.41. The number of aromatic nitrogens is 1. The summed E-state index contributed by atoms with van der Waals surface area (Å²) < 4.78 is 13.8. The fourth-order valence-corrected chi connectivity index (χ4v) is 5.34. The van der Waals surface area contributed by atoms with Gasteiger partial charge in [0, 0.05) is 28.3 Å². The molecule has 0 radical (unpaired) electrons. The SMILES string of the molecule is O=P(c1ccccc1)(c1ccccc1)c1ccccc1.c1ccncc1. The van der Waals surface area contributed by atoms with Crippen LogP contribution >= 0.6 is 7.14 Å². The fraction of sp³-hybridized carbons (Fsp3) is 0. The van der Waals surface area contributed by atoms with Crippen LogP contribution in [0.15, 0.2) is 122 Å². The van der Waals surface area contributed by atoms with E-state index in [1.54, 1.807) is 12.4 Å². The number of nitrogens with zero attached hydrogens (tertiary/aromatic N) is 1. The Morgan fingerprint density at radius 3 is 1.00 bits per heavy atom. The first-order chi connectivity index (χ1) is 12.8. The van der Waals surface area contributed by atoms with Crippen LogP contribution in [0, 0.1) is 0 Å². The van der Waals surface area contributed by atoms with E-state index < -0.39 is 7.14 Å². The van der Waals surface area contributed by atoms with Gasteiger partial charge in [-0.3, -0.25) is 4.98 Å². The smallest absolute Gasteiger partial charge is 0.171 e. The Balaban J connectivity index is 0.000000278.